The van der Waals surface area contributed by atoms with Crippen LogP contribution in [-0.4, -0.2) is 47.3 Å². The highest BCUT2D eigenvalue weighted by Gasteiger charge is 2.60. The van der Waals surface area contributed by atoms with Gasteiger partial charge in [0.25, 0.3) is 11.8 Å². The monoisotopic (exact) mass is 590 g/mol. The summed E-state index contributed by atoms with van der Waals surface area (Å²) in [5.74, 6) is -5.20. The third-order valence-corrected chi connectivity index (χ3v) is 7.54. The second-order valence-corrected chi connectivity index (χ2v) is 10.5. The lowest BCUT2D eigenvalue weighted by Gasteiger charge is -2.34. The van der Waals surface area contributed by atoms with Crippen LogP contribution in [0.15, 0.2) is 109 Å². The Balaban J connectivity index is 1.78. The third kappa shape index (κ3) is 4.96. The summed E-state index contributed by atoms with van der Waals surface area (Å²) >= 11 is 0. The van der Waals surface area contributed by atoms with Crippen LogP contribution in [0.4, 0.5) is 22.7 Å². The molecule has 0 fully saturated rings. The van der Waals surface area contributed by atoms with Crippen LogP contribution in [0.1, 0.15) is 29.8 Å². The molecule has 3 N–H and O–H groups in total. The Kier molecular flexibility index (Phi) is 8.00. The number of benzene rings is 4. The van der Waals surface area contributed by atoms with Crippen molar-refractivity contribution in [2.75, 3.05) is 21.2 Å². The van der Waals surface area contributed by atoms with Gasteiger partial charge in [-0.3, -0.25) is 29.0 Å². The van der Waals surface area contributed by atoms with Crippen molar-refractivity contribution < 1.29 is 29.1 Å². The van der Waals surface area contributed by atoms with E-state index in [2.05, 4.69) is 0 Å². The van der Waals surface area contributed by atoms with Gasteiger partial charge < -0.3 is 15.7 Å². The van der Waals surface area contributed by atoms with Gasteiger partial charge in [-0.1, -0.05) is 60.7 Å². The number of carboxylic acids is 1. The average molecular weight is 591 g/mol. The summed E-state index contributed by atoms with van der Waals surface area (Å²) in [6.45, 7) is 3.11. The predicted molar refractivity (Wildman–Crippen MR) is 166 cm³/mol. The smallest absolute Gasteiger partial charge is 0.335 e. The largest absolute Gasteiger partial charge is 0.478 e. The van der Waals surface area contributed by atoms with E-state index in [0.29, 0.717) is 11.4 Å². The summed E-state index contributed by atoms with van der Waals surface area (Å²) in [6, 6.07) is 28.5. The first kappa shape index (κ1) is 29.7. The number of carbonyl (C=O) groups excluding carboxylic acids is 4. The zero-order chi connectivity index (χ0) is 31.6. The molecule has 0 spiro atoms. The molecule has 1 atom stereocenters. The van der Waals surface area contributed by atoms with Crippen LogP contribution in [-0.2, 0) is 24.6 Å². The molecule has 10 heteroatoms. The van der Waals surface area contributed by atoms with Gasteiger partial charge in [0, 0.05) is 17.4 Å². The lowest BCUT2D eigenvalue weighted by Crippen LogP contribution is -2.62. The molecule has 0 saturated heterocycles. The first-order valence-electron chi connectivity index (χ1n) is 13.9. The molecule has 1 heterocycles. The van der Waals surface area contributed by atoms with Crippen LogP contribution in [0.25, 0.3) is 0 Å². The second-order valence-electron chi connectivity index (χ2n) is 10.5. The molecule has 1 aliphatic rings. The summed E-state index contributed by atoms with van der Waals surface area (Å²) in [5, 5.41) is 9.72. The molecule has 44 heavy (non-hydrogen) atoms. The van der Waals surface area contributed by atoms with Crippen LogP contribution in [0.2, 0.25) is 0 Å². The van der Waals surface area contributed by atoms with Gasteiger partial charge in [0.05, 0.1) is 16.9 Å². The van der Waals surface area contributed by atoms with Crippen molar-refractivity contribution in [2.24, 2.45) is 5.73 Å². The number of aromatic carboxylic acids is 1. The highest BCUT2D eigenvalue weighted by molar-refractivity contribution is 6.37. The molecule has 4 aromatic rings. The molecule has 10 nitrogen and oxygen atoms in total. The maximum Gasteiger partial charge on any atom is 0.335 e. The number of para-hydroxylation sites is 4. The van der Waals surface area contributed by atoms with E-state index in [1.165, 1.54) is 28.0 Å². The molecular formula is C34H30N4O6. The van der Waals surface area contributed by atoms with Crippen molar-refractivity contribution in [3.8, 4) is 0 Å². The number of fused-ring (bicyclic) bond motifs is 1. The molecule has 0 aromatic heterocycles. The van der Waals surface area contributed by atoms with Gasteiger partial charge in [-0.25, -0.2) is 4.79 Å². The Morgan fingerprint density at radius 1 is 0.795 bits per heavy atom. The van der Waals surface area contributed by atoms with Gasteiger partial charge in [-0.15, -0.1) is 0 Å². The number of carbonyl (C=O) groups is 5. The number of nitrogens with zero attached hydrogens (tertiary/aromatic N) is 3. The van der Waals surface area contributed by atoms with E-state index in [9.17, 15) is 29.1 Å². The Morgan fingerprint density at radius 2 is 1.39 bits per heavy atom. The first-order valence-corrected chi connectivity index (χ1v) is 13.9. The number of amides is 4. The number of carboxylic acid groups (broad SMARTS) is 1. The summed E-state index contributed by atoms with van der Waals surface area (Å²) in [7, 11) is 0. The molecule has 0 radical (unpaired) electrons. The molecule has 0 aliphatic carbocycles. The van der Waals surface area contributed by atoms with Crippen molar-refractivity contribution in [3.05, 3.63) is 120 Å². The van der Waals surface area contributed by atoms with E-state index in [1.807, 2.05) is 19.9 Å². The highest BCUT2D eigenvalue weighted by atomic mass is 16.4. The minimum Gasteiger partial charge on any atom is -0.478 e. The van der Waals surface area contributed by atoms with Crippen LogP contribution in [0, 0.1) is 0 Å². The molecule has 1 aliphatic heterocycles. The fraction of sp³-hybridized carbons (Fsp3) is 0.147. The van der Waals surface area contributed by atoms with Gasteiger partial charge in [0.1, 0.15) is 6.54 Å². The van der Waals surface area contributed by atoms with Crippen LogP contribution < -0.4 is 20.4 Å². The Hall–Kier alpha value is -5.77. The van der Waals surface area contributed by atoms with Gasteiger partial charge in [-0.05, 0) is 67.9 Å². The molecule has 0 bridgehead atoms. The number of primary amides is 1. The molecule has 222 valence electrons. The SMILES string of the molecule is CC(C)N(C(=O)CN1C(=O)C(C(N)=O)(c2cccc(C(=O)O)c2)C(=O)N(c2ccccc2)c2ccccc21)c1ccccc1. The number of hydrogen-bond donors (Lipinski definition) is 2. The van der Waals surface area contributed by atoms with E-state index >= 15 is 0 Å². The van der Waals surface area contributed by atoms with Gasteiger partial charge >= 0.3 is 5.97 Å². The van der Waals surface area contributed by atoms with Gasteiger partial charge in [0.2, 0.25) is 17.2 Å². The standard InChI is InChI=1S/C34H30N4O6/c1-22(2)37(25-14-5-3-6-15-25)29(39)21-36-27-18-9-10-19-28(27)38(26-16-7-4-8-17-26)33(44)34(31(35)42,32(36)43)24-13-11-12-23(20-24)30(40)41/h3-20,22H,21H2,1-2H3,(H2,35,42)(H,40,41). The minimum absolute atomic E-state index is 0.192. The topological polar surface area (TPSA) is 141 Å². The quantitative estimate of drug-likeness (QED) is 0.294. The van der Waals surface area contributed by atoms with Crippen molar-refractivity contribution in [2.45, 2.75) is 25.3 Å². The number of nitrogens with two attached hydrogens (primary N) is 1. The lowest BCUT2D eigenvalue weighted by molar-refractivity contribution is -0.142. The predicted octanol–water partition coefficient (Wildman–Crippen LogP) is 4.26. The molecule has 1 unspecified atom stereocenters. The van der Waals surface area contributed by atoms with Gasteiger partial charge in [-0.2, -0.15) is 0 Å². The zero-order valence-electron chi connectivity index (χ0n) is 24.1. The van der Waals surface area contributed by atoms with E-state index in [-0.39, 0.29) is 28.5 Å². The summed E-state index contributed by atoms with van der Waals surface area (Å²) in [4.78, 5) is 73.1. The fourth-order valence-electron chi connectivity index (χ4n) is 5.57. The number of hydrogen-bond acceptors (Lipinski definition) is 5. The molecule has 0 saturated carbocycles. The zero-order valence-corrected chi connectivity index (χ0v) is 24.1. The van der Waals surface area contributed by atoms with Crippen molar-refractivity contribution in [3.63, 3.8) is 0 Å². The summed E-state index contributed by atoms with van der Waals surface area (Å²) in [5.41, 5.74) is 4.15. The highest BCUT2D eigenvalue weighted by Crippen LogP contribution is 2.44. The van der Waals surface area contributed by atoms with Crippen molar-refractivity contribution in [1.29, 1.82) is 0 Å². The summed E-state index contributed by atoms with van der Waals surface area (Å²) in [6.07, 6.45) is 0. The number of anilines is 4. The maximum absolute atomic E-state index is 14.9. The maximum atomic E-state index is 14.9. The first-order chi connectivity index (χ1) is 21.1. The Bertz CT molecular complexity index is 1760. The average Bonchev–Trinajstić information content (AvgIpc) is 3.09. The summed E-state index contributed by atoms with van der Waals surface area (Å²) < 4.78 is 0. The molecule has 4 aromatic carbocycles. The van der Waals surface area contributed by atoms with E-state index in [1.54, 1.807) is 78.9 Å². The lowest BCUT2D eigenvalue weighted by atomic mass is 9.76. The van der Waals surface area contributed by atoms with Gasteiger partial charge in [0.15, 0.2) is 0 Å². The second kappa shape index (κ2) is 11.8. The van der Waals surface area contributed by atoms with Crippen molar-refractivity contribution in [1.82, 2.24) is 0 Å². The minimum atomic E-state index is -2.73. The molecular weight excluding hydrogens is 560 g/mol. The number of rotatable bonds is 8. The van der Waals surface area contributed by atoms with E-state index in [0.717, 1.165) is 11.0 Å². The fourth-order valence-corrected chi connectivity index (χ4v) is 5.57. The normalized spacial score (nSPS) is 16.3. The third-order valence-electron chi connectivity index (χ3n) is 7.54. The molecule has 4 amide bonds. The Morgan fingerprint density at radius 3 is 1.98 bits per heavy atom. The van der Waals surface area contributed by atoms with E-state index in [4.69, 9.17) is 5.73 Å². The van der Waals surface area contributed by atoms with E-state index < -0.39 is 41.6 Å². The Labute approximate surface area is 253 Å². The molecule has 5 rings (SSSR count). The van der Waals surface area contributed by atoms with Crippen LogP contribution >= 0.6 is 0 Å². The van der Waals surface area contributed by atoms with Crippen molar-refractivity contribution >= 4 is 52.3 Å². The van der Waals surface area contributed by atoms with Crippen LogP contribution in [0.3, 0.4) is 0 Å². The van der Waals surface area contributed by atoms with Crippen LogP contribution in [0.5, 0.6) is 0 Å².